The number of hydrogen-bond acceptors (Lipinski definition) is 2. The van der Waals surface area contributed by atoms with E-state index in [1.54, 1.807) is 13.2 Å². The zero-order chi connectivity index (χ0) is 13.9. The zero-order valence-electron chi connectivity index (χ0n) is 11.8. The van der Waals surface area contributed by atoms with Gasteiger partial charge in [0, 0.05) is 13.5 Å². The fourth-order valence-corrected chi connectivity index (χ4v) is 2.28. The van der Waals surface area contributed by atoms with Crippen molar-refractivity contribution < 1.29 is 14.2 Å². The standard InChI is InChI=1S/C15H23FO2/c1-10-6-7-12(16)8-11(10)9-13(17)14(18-5)15(2,3)4/h6-8,13-14,17H,9H2,1-5H3. The summed E-state index contributed by atoms with van der Waals surface area (Å²) in [5, 5.41) is 10.3. The summed E-state index contributed by atoms with van der Waals surface area (Å²) in [6.45, 7) is 7.97. The summed E-state index contributed by atoms with van der Waals surface area (Å²) in [5.74, 6) is -0.271. The number of hydrogen-bond donors (Lipinski definition) is 1. The highest BCUT2D eigenvalue weighted by Crippen LogP contribution is 2.26. The van der Waals surface area contributed by atoms with Crippen LogP contribution in [0.2, 0.25) is 0 Å². The summed E-state index contributed by atoms with van der Waals surface area (Å²) in [6.07, 6.45) is -0.519. The monoisotopic (exact) mass is 254 g/mol. The summed E-state index contributed by atoms with van der Waals surface area (Å²) in [6, 6.07) is 4.65. The number of halogens is 1. The summed E-state index contributed by atoms with van der Waals surface area (Å²) in [7, 11) is 1.59. The second-order valence-corrected chi connectivity index (χ2v) is 5.86. The van der Waals surface area contributed by atoms with Crippen LogP contribution in [0.4, 0.5) is 4.39 Å². The Hall–Kier alpha value is -0.930. The largest absolute Gasteiger partial charge is 0.390 e. The minimum absolute atomic E-state index is 0.157. The van der Waals surface area contributed by atoms with Crippen LogP contribution < -0.4 is 0 Å². The Kier molecular flexibility index (Phi) is 4.88. The molecule has 0 bridgehead atoms. The molecule has 0 fully saturated rings. The van der Waals surface area contributed by atoms with E-state index in [1.807, 2.05) is 27.7 Å². The molecular weight excluding hydrogens is 231 g/mol. The van der Waals surface area contributed by atoms with E-state index in [1.165, 1.54) is 12.1 Å². The highest BCUT2D eigenvalue weighted by Gasteiger charge is 2.31. The predicted octanol–water partition coefficient (Wildman–Crippen LogP) is 3.10. The average Bonchev–Trinajstić information content (AvgIpc) is 2.22. The molecule has 0 radical (unpaired) electrons. The molecule has 0 aliphatic heterocycles. The molecule has 0 amide bonds. The number of aliphatic hydroxyl groups excluding tert-OH is 1. The van der Waals surface area contributed by atoms with Gasteiger partial charge in [0.1, 0.15) is 5.82 Å². The van der Waals surface area contributed by atoms with Crippen molar-refractivity contribution in [2.45, 2.75) is 46.3 Å². The van der Waals surface area contributed by atoms with Gasteiger partial charge in [-0.1, -0.05) is 26.8 Å². The van der Waals surface area contributed by atoms with Crippen LogP contribution in [0.15, 0.2) is 18.2 Å². The Morgan fingerprint density at radius 2 is 1.94 bits per heavy atom. The van der Waals surface area contributed by atoms with Gasteiger partial charge in [-0.25, -0.2) is 4.39 Å². The summed E-state index contributed by atoms with van der Waals surface area (Å²) in [4.78, 5) is 0. The molecule has 0 saturated heterocycles. The number of benzene rings is 1. The molecular formula is C15H23FO2. The fraction of sp³-hybridized carbons (Fsp3) is 0.600. The van der Waals surface area contributed by atoms with Gasteiger partial charge in [0.05, 0.1) is 12.2 Å². The maximum Gasteiger partial charge on any atom is 0.123 e. The highest BCUT2D eigenvalue weighted by molar-refractivity contribution is 5.27. The smallest absolute Gasteiger partial charge is 0.123 e. The van der Waals surface area contributed by atoms with Crippen molar-refractivity contribution in [2.24, 2.45) is 5.41 Å². The van der Waals surface area contributed by atoms with Gasteiger partial charge in [-0.15, -0.1) is 0 Å². The minimum atomic E-state index is -0.643. The third-order valence-corrected chi connectivity index (χ3v) is 3.20. The van der Waals surface area contributed by atoms with Crippen LogP contribution in [0.5, 0.6) is 0 Å². The summed E-state index contributed by atoms with van der Waals surface area (Å²) in [5.41, 5.74) is 1.66. The molecule has 1 rings (SSSR count). The molecule has 0 aromatic heterocycles. The number of rotatable bonds is 4. The van der Waals surface area contributed by atoms with Crippen molar-refractivity contribution in [2.75, 3.05) is 7.11 Å². The van der Waals surface area contributed by atoms with E-state index in [9.17, 15) is 9.50 Å². The second kappa shape index (κ2) is 5.81. The summed E-state index contributed by atoms with van der Waals surface area (Å²) >= 11 is 0. The van der Waals surface area contributed by atoms with Gasteiger partial charge in [-0.3, -0.25) is 0 Å². The molecule has 2 atom stereocenters. The first-order valence-corrected chi connectivity index (χ1v) is 6.21. The van der Waals surface area contributed by atoms with Crippen molar-refractivity contribution in [3.05, 3.63) is 35.1 Å². The maximum absolute atomic E-state index is 13.2. The van der Waals surface area contributed by atoms with E-state index in [4.69, 9.17) is 4.74 Å². The van der Waals surface area contributed by atoms with Gasteiger partial charge in [0.15, 0.2) is 0 Å². The van der Waals surface area contributed by atoms with Crippen molar-refractivity contribution >= 4 is 0 Å². The number of aliphatic hydroxyl groups is 1. The second-order valence-electron chi connectivity index (χ2n) is 5.86. The normalized spacial score (nSPS) is 15.5. The van der Waals surface area contributed by atoms with Crippen molar-refractivity contribution in [3.63, 3.8) is 0 Å². The van der Waals surface area contributed by atoms with Gasteiger partial charge < -0.3 is 9.84 Å². The lowest BCUT2D eigenvalue weighted by atomic mass is 9.83. The first-order chi connectivity index (χ1) is 8.25. The first-order valence-electron chi connectivity index (χ1n) is 6.21. The lowest BCUT2D eigenvalue weighted by Gasteiger charge is -2.33. The average molecular weight is 254 g/mol. The van der Waals surface area contributed by atoms with Crippen LogP contribution in [0.1, 0.15) is 31.9 Å². The predicted molar refractivity (Wildman–Crippen MR) is 71.1 cm³/mol. The Labute approximate surface area is 109 Å². The van der Waals surface area contributed by atoms with Gasteiger partial charge in [0.25, 0.3) is 0 Å². The quantitative estimate of drug-likeness (QED) is 0.894. The molecule has 0 spiro atoms. The van der Waals surface area contributed by atoms with Crippen LogP contribution in [0.25, 0.3) is 0 Å². The lowest BCUT2D eigenvalue weighted by Crippen LogP contribution is -2.40. The third kappa shape index (κ3) is 3.79. The lowest BCUT2D eigenvalue weighted by molar-refractivity contribution is -0.0699. The van der Waals surface area contributed by atoms with Gasteiger partial charge in [-0.05, 0) is 35.6 Å². The molecule has 2 unspecified atom stereocenters. The molecule has 0 aliphatic rings. The number of aryl methyl sites for hydroxylation is 1. The fourth-order valence-electron chi connectivity index (χ4n) is 2.28. The van der Waals surface area contributed by atoms with Crippen molar-refractivity contribution in [3.8, 4) is 0 Å². The van der Waals surface area contributed by atoms with E-state index in [-0.39, 0.29) is 17.3 Å². The Balaban J connectivity index is 2.86. The molecule has 102 valence electrons. The van der Waals surface area contributed by atoms with Crippen molar-refractivity contribution in [1.82, 2.24) is 0 Å². The van der Waals surface area contributed by atoms with E-state index in [0.717, 1.165) is 11.1 Å². The van der Waals surface area contributed by atoms with Crippen LogP contribution in [0, 0.1) is 18.2 Å². The Morgan fingerprint density at radius 1 is 1.33 bits per heavy atom. The van der Waals surface area contributed by atoms with E-state index in [2.05, 4.69) is 0 Å². The molecule has 0 aliphatic carbocycles. The first kappa shape index (κ1) is 15.1. The molecule has 1 N–H and O–H groups in total. The molecule has 0 heterocycles. The molecule has 0 saturated carbocycles. The topological polar surface area (TPSA) is 29.5 Å². The SMILES string of the molecule is COC(C(O)Cc1cc(F)ccc1C)C(C)(C)C. The molecule has 2 nitrogen and oxygen atoms in total. The van der Waals surface area contributed by atoms with Crippen LogP contribution in [-0.2, 0) is 11.2 Å². The van der Waals surface area contributed by atoms with Crippen molar-refractivity contribution in [1.29, 1.82) is 0 Å². The van der Waals surface area contributed by atoms with Crippen LogP contribution in [-0.4, -0.2) is 24.4 Å². The number of ether oxygens (including phenoxy) is 1. The molecule has 18 heavy (non-hydrogen) atoms. The Bertz CT molecular complexity index is 396. The number of methoxy groups -OCH3 is 1. The van der Waals surface area contributed by atoms with Gasteiger partial charge in [0.2, 0.25) is 0 Å². The third-order valence-electron chi connectivity index (χ3n) is 3.20. The zero-order valence-corrected chi connectivity index (χ0v) is 11.8. The maximum atomic E-state index is 13.2. The van der Waals surface area contributed by atoms with E-state index >= 15 is 0 Å². The minimum Gasteiger partial charge on any atom is -0.390 e. The summed E-state index contributed by atoms with van der Waals surface area (Å²) < 4.78 is 18.6. The molecule has 1 aromatic rings. The molecule has 3 heteroatoms. The Morgan fingerprint density at radius 3 is 2.44 bits per heavy atom. The van der Waals surface area contributed by atoms with Gasteiger partial charge >= 0.3 is 0 Å². The van der Waals surface area contributed by atoms with Crippen LogP contribution >= 0.6 is 0 Å². The van der Waals surface area contributed by atoms with E-state index in [0.29, 0.717) is 6.42 Å². The highest BCUT2D eigenvalue weighted by atomic mass is 19.1. The van der Waals surface area contributed by atoms with E-state index < -0.39 is 6.10 Å². The van der Waals surface area contributed by atoms with Gasteiger partial charge in [-0.2, -0.15) is 0 Å². The molecule has 1 aromatic carbocycles. The van der Waals surface area contributed by atoms with Crippen LogP contribution in [0.3, 0.4) is 0 Å².